The van der Waals surface area contributed by atoms with E-state index < -0.39 is 5.91 Å². The number of halogens is 3. The van der Waals surface area contributed by atoms with Crippen LogP contribution in [0.5, 0.6) is 0 Å². The molecule has 1 aliphatic rings. The van der Waals surface area contributed by atoms with E-state index in [4.69, 9.17) is 39.2 Å². The Kier molecular flexibility index (Phi) is 7.41. The fourth-order valence-electron chi connectivity index (χ4n) is 3.95. The molecule has 3 aromatic rings. The van der Waals surface area contributed by atoms with Gasteiger partial charge in [0.05, 0.1) is 16.4 Å². The highest BCUT2D eigenvalue weighted by Crippen LogP contribution is 2.35. The predicted molar refractivity (Wildman–Crippen MR) is 137 cm³/mol. The number of hydrogen-bond acceptors (Lipinski definition) is 4. The van der Waals surface area contributed by atoms with Crippen molar-refractivity contribution in [2.24, 2.45) is 5.92 Å². The van der Waals surface area contributed by atoms with E-state index in [9.17, 15) is 9.59 Å². The number of nitrogens with zero attached hydrogens (tertiary/aromatic N) is 2. The first-order chi connectivity index (χ1) is 16.2. The fraction of sp³-hybridized carbons (Fsp3) is 0.280. The van der Waals surface area contributed by atoms with Gasteiger partial charge >= 0.3 is 0 Å². The Balaban J connectivity index is 1.51. The topological polar surface area (TPSA) is 65.8 Å². The molecule has 1 N–H and O–H groups in total. The predicted octanol–water partition coefficient (Wildman–Crippen LogP) is 6.46. The van der Waals surface area contributed by atoms with Crippen LogP contribution < -0.4 is 10.2 Å². The van der Waals surface area contributed by atoms with Crippen LogP contribution in [0.4, 0.5) is 11.4 Å². The summed E-state index contributed by atoms with van der Waals surface area (Å²) < 4.78 is 5.77. The van der Waals surface area contributed by atoms with Gasteiger partial charge in [0.1, 0.15) is 5.76 Å². The number of piperazine rings is 1. The summed E-state index contributed by atoms with van der Waals surface area (Å²) >= 11 is 18.7. The van der Waals surface area contributed by atoms with Gasteiger partial charge in [-0.15, -0.1) is 0 Å². The minimum Gasteiger partial charge on any atom is -0.451 e. The van der Waals surface area contributed by atoms with Crippen LogP contribution in [0.15, 0.2) is 52.9 Å². The van der Waals surface area contributed by atoms with Crippen molar-refractivity contribution in [3.8, 4) is 11.3 Å². The molecule has 2 heterocycles. The molecule has 34 heavy (non-hydrogen) atoms. The molecule has 0 spiro atoms. The Bertz CT molecular complexity index is 1200. The van der Waals surface area contributed by atoms with Crippen molar-refractivity contribution in [1.29, 1.82) is 0 Å². The van der Waals surface area contributed by atoms with E-state index in [0.717, 1.165) is 5.69 Å². The Hall–Kier alpha value is -2.67. The van der Waals surface area contributed by atoms with E-state index in [1.54, 1.807) is 48.5 Å². The summed E-state index contributed by atoms with van der Waals surface area (Å²) in [6, 6.07) is 13.7. The van der Waals surface area contributed by atoms with Crippen LogP contribution >= 0.6 is 34.8 Å². The monoisotopic (exact) mass is 519 g/mol. The number of furan rings is 1. The van der Waals surface area contributed by atoms with Crippen molar-refractivity contribution in [3.63, 3.8) is 0 Å². The van der Waals surface area contributed by atoms with E-state index in [1.807, 2.05) is 18.7 Å². The summed E-state index contributed by atoms with van der Waals surface area (Å²) in [6.45, 7) is 6.23. The molecule has 0 unspecified atom stereocenters. The van der Waals surface area contributed by atoms with Gasteiger partial charge in [-0.3, -0.25) is 9.59 Å². The van der Waals surface area contributed by atoms with E-state index in [0.29, 0.717) is 58.3 Å². The van der Waals surface area contributed by atoms with Crippen LogP contribution in [0.1, 0.15) is 24.4 Å². The number of benzene rings is 2. The average molecular weight is 521 g/mol. The summed E-state index contributed by atoms with van der Waals surface area (Å²) in [5, 5.41) is 4.39. The summed E-state index contributed by atoms with van der Waals surface area (Å²) in [4.78, 5) is 29.3. The molecule has 4 rings (SSSR count). The standard InChI is InChI=1S/C25H24Cl3N3O3/c1-15(2)25(33)31-10-8-30(9-11-31)23-19(28)4-3-5-20(23)29-24(32)22-7-6-21(34-22)16-12-17(26)14-18(27)13-16/h3-7,12-15H,8-11H2,1-2H3,(H,29,32). The van der Waals surface area contributed by atoms with Gasteiger partial charge in [-0.2, -0.15) is 0 Å². The fourth-order valence-corrected chi connectivity index (χ4v) is 4.77. The molecule has 0 radical (unpaired) electrons. The number of amides is 2. The molecule has 9 heteroatoms. The number of hydrogen-bond donors (Lipinski definition) is 1. The molecule has 2 aromatic carbocycles. The normalized spacial score (nSPS) is 13.9. The highest BCUT2D eigenvalue weighted by molar-refractivity contribution is 6.35. The van der Waals surface area contributed by atoms with Crippen LogP contribution in [0.3, 0.4) is 0 Å². The lowest BCUT2D eigenvalue weighted by Gasteiger charge is -2.38. The zero-order chi connectivity index (χ0) is 24.4. The Labute approximate surface area is 213 Å². The number of carbonyl (C=O) groups is 2. The van der Waals surface area contributed by atoms with Crippen molar-refractivity contribution in [2.75, 3.05) is 36.4 Å². The van der Waals surface area contributed by atoms with Gasteiger partial charge in [0.15, 0.2) is 5.76 Å². The molecule has 178 valence electrons. The number of nitrogens with one attached hydrogen (secondary N) is 1. The molecule has 6 nitrogen and oxygen atoms in total. The van der Waals surface area contributed by atoms with Crippen LogP contribution in [0, 0.1) is 5.92 Å². The van der Waals surface area contributed by atoms with E-state index >= 15 is 0 Å². The molecule has 0 aliphatic carbocycles. The lowest BCUT2D eigenvalue weighted by atomic mass is 10.1. The largest absolute Gasteiger partial charge is 0.451 e. The highest BCUT2D eigenvalue weighted by Gasteiger charge is 2.26. The molecule has 1 aromatic heterocycles. The lowest BCUT2D eigenvalue weighted by molar-refractivity contribution is -0.134. The Morgan fingerprint density at radius 2 is 1.62 bits per heavy atom. The third kappa shape index (κ3) is 5.35. The minimum atomic E-state index is -0.406. The zero-order valence-electron chi connectivity index (χ0n) is 18.8. The SMILES string of the molecule is CC(C)C(=O)N1CCN(c2c(Cl)cccc2NC(=O)c2ccc(-c3cc(Cl)cc(Cl)c3)o2)CC1. The highest BCUT2D eigenvalue weighted by atomic mass is 35.5. The number of rotatable bonds is 5. The molecule has 1 aliphatic heterocycles. The van der Waals surface area contributed by atoms with Gasteiger partial charge in [-0.05, 0) is 42.5 Å². The van der Waals surface area contributed by atoms with E-state index in [1.165, 1.54) is 0 Å². The minimum absolute atomic E-state index is 0.0390. The van der Waals surface area contributed by atoms with Gasteiger partial charge in [-0.1, -0.05) is 54.7 Å². The first-order valence-electron chi connectivity index (χ1n) is 10.9. The van der Waals surface area contributed by atoms with Gasteiger partial charge in [0.2, 0.25) is 5.91 Å². The van der Waals surface area contributed by atoms with E-state index in [2.05, 4.69) is 10.2 Å². The molecule has 1 fully saturated rings. The molecule has 1 saturated heterocycles. The zero-order valence-corrected chi connectivity index (χ0v) is 21.0. The van der Waals surface area contributed by atoms with Gasteiger partial charge in [-0.25, -0.2) is 0 Å². The van der Waals surface area contributed by atoms with Crippen molar-refractivity contribution in [1.82, 2.24) is 4.90 Å². The van der Waals surface area contributed by atoms with Crippen LogP contribution in [-0.2, 0) is 4.79 Å². The Morgan fingerprint density at radius 1 is 0.941 bits per heavy atom. The van der Waals surface area contributed by atoms with Crippen molar-refractivity contribution in [3.05, 3.63) is 69.4 Å². The molecule has 2 amide bonds. The maximum Gasteiger partial charge on any atom is 0.291 e. The second-order valence-corrected chi connectivity index (χ2v) is 9.66. The quantitative estimate of drug-likeness (QED) is 0.419. The van der Waals surface area contributed by atoms with Crippen LogP contribution in [0.2, 0.25) is 15.1 Å². The van der Waals surface area contributed by atoms with Crippen LogP contribution in [0.25, 0.3) is 11.3 Å². The first kappa shape index (κ1) is 24.5. The smallest absolute Gasteiger partial charge is 0.291 e. The summed E-state index contributed by atoms with van der Waals surface area (Å²) in [5.41, 5.74) is 1.97. The molecular formula is C25H24Cl3N3O3. The van der Waals surface area contributed by atoms with E-state index in [-0.39, 0.29) is 17.6 Å². The van der Waals surface area contributed by atoms with Gasteiger partial charge in [0.25, 0.3) is 5.91 Å². The molecule has 0 saturated carbocycles. The first-order valence-corrected chi connectivity index (χ1v) is 12.1. The molecule has 0 atom stereocenters. The van der Waals surface area contributed by atoms with Gasteiger partial charge in [0, 0.05) is 47.7 Å². The summed E-state index contributed by atoms with van der Waals surface area (Å²) in [7, 11) is 0. The maximum absolute atomic E-state index is 13.0. The summed E-state index contributed by atoms with van der Waals surface area (Å²) in [6.07, 6.45) is 0. The third-order valence-electron chi connectivity index (χ3n) is 5.61. The van der Waals surface area contributed by atoms with Crippen molar-refractivity contribution >= 4 is 58.0 Å². The molecule has 0 bridgehead atoms. The van der Waals surface area contributed by atoms with Crippen molar-refractivity contribution < 1.29 is 14.0 Å². The number of anilines is 2. The number of carbonyl (C=O) groups excluding carboxylic acids is 2. The second kappa shape index (κ2) is 10.3. The maximum atomic E-state index is 13.0. The molecular weight excluding hydrogens is 497 g/mol. The van der Waals surface area contributed by atoms with Crippen LogP contribution in [-0.4, -0.2) is 42.9 Å². The van der Waals surface area contributed by atoms with Crippen molar-refractivity contribution in [2.45, 2.75) is 13.8 Å². The Morgan fingerprint density at radius 3 is 2.26 bits per heavy atom. The lowest BCUT2D eigenvalue weighted by Crippen LogP contribution is -2.50. The number of para-hydroxylation sites is 1. The average Bonchev–Trinajstić information content (AvgIpc) is 3.29. The second-order valence-electron chi connectivity index (χ2n) is 8.38. The third-order valence-corrected chi connectivity index (χ3v) is 6.35. The van der Waals surface area contributed by atoms with Gasteiger partial charge < -0.3 is 19.5 Å². The summed E-state index contributed by atoms with van der Waals surface area (Å²) in [5.74, 6) is 0.317.